The summed E-state index contributed by atoms with van der Waals surface area (Å²) in [5.74, 6) is -0.125. The Bertz CT molecular complexity index is 1130. The highest BCUT2D eigenvalue weighted by molar-refractivity contribution is 6.35. The highest BCUT2D eigenvalue weighted by atomic mass is 35.5. The standard InChI is InChI=1S/C20H13Cl2N5O/c21-13-6-7-14(16(22)8-13)17-15(9-23)20(24)28-19(12-4-2-1-3-5-12)18(17)27-11-25-10-26-27/h1-8,10-11,17H,24H2/t17-/m0/s1. The lowest BCUT2D eigenvalue weighted by Crippen LogP contribution is -2.23. The Morgan fingerprint density at radius 3 is 2.57 bits per heavy atom. The van der Waals surface area contributed by atoms with Crippen molar-refractivity contribution in [1.29, 1.82) is 5.26 Å². The molecule has 0 spiro atoms. The van der Waals surface area contributed by atoms with Crippen molar-refractivity contribution in [3.8, 4) is 6.07 Å². The molecule has 0 amide bonds. The molecule has 0 fully saturated rings. The van der Waals surface area contributed by atoms with E-state index in [-0.39, 0.29) is 11.5 Å². The van der Waals surface area contributed by atoms with E-state index in [1.165, 1.54) is 12.7 Å². The van der Waals surface area contributed by atoms with Gasteiger partial charge in [0, 0.05) is 15.6 Å². The Balaban J connectivity index is 2.04. The summed E-state index contributed by atoms with van der Waals surface area (Å²) in [5.41, 5.74) is 8.38. The second-order valence-electron chi connectivity index (χ2n) is 6.01. The summed E-state index contributed by atoms with van der Waals surface area (Å²) in [5, 5.41) is 15.0. The molecule has 138 valence electrons. The van der Waals surface area contributed by atoms with Crippen molar-refractivity contribution in [2.24, 2.45) is 5.73 Å². The Hall–Kier alpha value is -3.27. The van der Waals surface area contributed by atoms with Crippen molar-refractivity contribution >= 4 is 34.7 Å². The van der Waals surface area contributed by atoms with Crippen LogP contribution in [0.3, 0.4) is 0 Å². The molecule has 1 atom stereocenters. The van der Waals surface area contributed by atoms with Crippen LogP contribution in [0.5, 0.6) is 0 Å². The zero-order valence-corrected chi connectivity index (χ0v) is 15.9. The molecule has 1 aliphatic rings. The first-order chi connectivity index (χ1) is 13.6. The number of hydrogen-bond donors (Lipinski definition) is 1. The Morgan fingerprint density at radius 1 is 1.14 bits per heavy atom. The van der Waals surface area contributed by atoms with E-state index in [1.54, 1.807) is 22.9 Å². The number of benzene rings is 2. The number of rotatable bonds is 3. The van der Waals surface area contributed by atoms with Crippen molar-refractivity contribution in [2.75, 3.05) is 0 Å². The third-order valence-electron chi connectivity index (χ3n) is 4.37. The van der Waals surface area contributed by atoms with Gasteiger partial charge in [0.25, 0.3) is 0 Å². The molecule has 0 unspecified atom stereocenters. The van der Waals surface area contributed by atoms with Crippen molar-refractivity contribution < 1.29 is 4.74 Å². The zero-order valence-electron chi connectivity index (χ0n) is 14.4. The van der Waals surface area contributed by atoms with E-state index in [1.807, 2.05) is 30.3 Å². The molecule has 0 aliphatic carbocycles. The topological polar surface area (TPSA) is 89.8 Å². The van der Waals surface area contributed by atoms with Crippen LogP contribution in [0.25, 0.3) is 11.5 Å². The maximum Gasteiger partial charge on any atom is 0.205 e. The SMILES string of the molecule is N#CC1=C(N)OC(c2ccccc2)=C(n2cncn2)[C@H]1c1ccc(Cl)cc1Cl. The van der Waals surface area contributed by atoms with E-state index >= 15 is 0 Å². The third kappa shape index (κ3) is 3.11. The number of hydrogen-bond acceptors (Lipinski definition) is 5. The highest BCUT2D eigenvalue weighted by Gasteiger charge is 2.36. The Labute approximate surface area is 171 Å². The number of nitriles is 1. The number of allylic oxidation sites excluding steroid dienone is 2. The second-order valence-corrected chi connectivity index (χ2v) is 6.85. The lowest BCUT2D eigenvalue weighted by atomic mass is 9.85. The zero-order chi connectivity index (χ0) is 19.7. The minimum atomic E-state index is -0.611. The quantitative estimate of drug-likeness (QED) is 0.691. The Morgan fingerprint density at radius 2 is 1.93 bits per heavy atom. The van der Waals surface area contributed by atoms with Crippen LogP contribution in [-0.2, 0) is 4.74 Å². The van der Waals surface area contributed by atoms with Crippen LogP contribution >= 0.6 is 23.2 Å². The first-order valence-corrected chi connectivity index (χ1v) is 9.03. The van der Waals surface area contributed by atoms with Gasteiger partial charge in [-0.2, -0.15) is 10.4 Å². The van der Waals surface area contributed by atoms with Crippen LogP contribution in [0, 0.1) is 11.3 Å². The molecule has 0 radical (unpaired) electrons. The number of aromatic nitrogens is 3. The molecule has 28 heavy (non-hydrogen) atoms. The van der Waals surface area contributed by atoms with Gasteiger partial charge in [-0.05, 0) is 17.7 Å². The molecule has 2 heterocycles. The summed E-state index contributed by atoms with van der Waals surface area (Å²) in [4.78, 5) is 4.04. The van der Waals surface area contributed by atoms with Gasteiger partial charge in [0.2, 0.25) is 5.88 Å². The minimum Gasteiger partial charge on any atom is -0.438 e. The molecule has 3 aromatic rings. The molecule has 4 rings (SSSR count). The highest BCUT2D eigenvalue weighted by Crippen LogP contribution is 2.46. The maximum absolute atomic E-state index is 9.81. The summed E-state index contributed by atoms with van der Waals surface area (Å²) in [6.45, 7) is 0. The fraction of sp³-hybridized carbons (Fsp3) is 0.0500. The average Bonchev–Trinajstić information content (AvgIpc) is 3.22. The summed E-state index contributed by atoms with van der Waals surface area (Å²) < 4.78 is 7.44. The molecule has 0 saturated carbocycles. The van der Waals surface area contributed by atoms with Crippen LogP contribution in [0.4, 0.5) is 0 Å². The minimum absolute atomic E-state index is 0.0150. The smallest absolute Gasteiger partial charge is 0.205 e. The van der Waals surface area contributed by atoms with E-state index < -0.39 is 5.92 Å². The number of nitrogens with zero attached hydrogens (tertiary/aromatic N) is 4. The number of halogens is 2. The maximum atomic E-state index is 9.81. The van der Waals surface area contributed by atoms with Gasteiger partial charge < -0.3 is 10.5 Å². The van der Waals surface area contributed by atoms with Crippen molar-refractivity contribution in [1.82, 2.24) is 14.8 Å². The summed E-state index contributed by atoms with van der Waals surface area (Å²) in [7, 11) is 0. The van der Waals surface area contributed by atoms with Crippen molar-refractivity contribution in [2.45, 2.75) is 5.92 Å². The molecular formula is C20H13Cl2N5O. The van der Waals surface area contributed by atoms with Gasteiger partial charge in [-0.3, -0.25) is 0 Å². The van der Waals surface area contributed by atoms with E-state index in [2.05, 4.69) is 16.2 Å². The predicted molar refractivity (Wildman–Crippen MR) is 107 cm³/mol. The fourth-order valence-corrected chi connectivity index (χ4v) is 3.67. The van der Waals surface area contributed by atoms with Crippen molar-refractivity contribution in [3.05, 3.63) is 93.8 Å². The second kappa shape index (κ2) is 7.39. The molecular weight excluding hydrogens is 397 g/mol. The van der Waals surface area contributed by atoms with Gasteiger partial charge in [-0.1, -0.05) is 59.6 Å². The van der Waals surface area contributed by atoms with Crippen LogP contribution < -0.4 is 5.73 Å². The lowest BCUT2D eigenvalue weighted by Gasteiger charge is -2.29. The predicted octanol–water partition coefficient (Wildman–Crippen LogP) is 4.42. The molecule has 8 heteroatoms. The van der Waals surface area contributed by atoms with Gasteiger partial charge in [0.05, 0.1) is 11.6 Å². The number of nitrogens with two attached hydrogens (primary N) is 1. The average molecular weight is 410 g/mol. The van der Waals surface area contributed by atoms with Gasteiger partial charge in [-0.25, -0.2) is 9.67 Å². The summed E-state index contributed by atoms with van der Waals surface area (Å²) >= 11 is 12.6. The lowest BCUT2D eigenvalue weighted by molar-refractivity contribution is 0.360. The van der Waals surface area contributed by atoms with E-state index in [0.29, 0.717) is 27.1 Å². The molecule has 2 N–H and O–H groups in total. The molecule has 1 aromatic heterocycles. The van der Waals surface area contributed by atoms with Crippen LogP contribution in [0.2, 0.25) is 10.0 Å². The van der Waals surface area contributed by atoms with Crippen LogP contribution in [-0.4, -0.2) is 14.8 Å². The van der Waals surface area contributed by atoms with Gasteiger partial charge in [-0.15, -0.1) is 0 Å². The Kier molecular flexibility index (Phi) is 4.78. The van der Waals surface area contributed by atoms with Gasteiger partial charge in [0.15, 0.2) is 5.76 Å². The largest absolute Gasteiger partial charge is 0.438 e. The van der Waals surface area contributed by atoms with E-state index in [9.17, 15) is 5.26 Å². The number of ether oxygens (including phenoxy) is 1. The van der Waals surface area contributed by atoms with Crippen LogP contribution in [0.1, 0.15) is 17.0 Å². The van der Waals surface area contributed by atoms with Crippen LogP contribution in [0.15, 0.2) is 72.6 Å². The third-order valence-corrected chi connectivity index (χ3v) is 4.93. The first-order valence-electron chi connectivity index (χ1n) is 8.27. The van der Waals surface area contributed by atoms with Crippen molar-refractivity contribution in [3.63, 3.8) is 0 Å². The van der Waals surface area contributed by atoms with Gasteiger partial charge in [0.1, 0.15) is 24.3 Å². The fourth-order valence-electron chi connectivity index (χ4n) is 3.15. The summed E-state index contributed by atoms with van der Waals surface area (Å²) in [6.07, 6.45) is 2.94. The first kappa shape index (κ1) is 18.1. The monoisotopic (exact) mass is 409 g/mol. The molecule has 2 aromatic carbocycles. The van der Waals surface area contributed by atoms with E-state index in [4.69, 9.17) is 33.7 Å². The van der Waals surface area contributed by atoms with Gasteiger partial charge >= 0.3 is 0 Å². The molecule has 6 nitrogen and oxygen atoms in total. The summed E-state index contributed by atoms with van der Waals surface area (Å²) in [6, 6.07) is 16.7. The molecule has 1 aliphatic heterocycles. The van der Waals surface area contributed by atoms with E-state index in [0.717, 1.165) is 5.56 Å². The molecule has 0 bridgehead atoms. The molecule has 0 saturated heterocycles. The normalized spacial score (nSPS) is 16.7.